The van der Waals surface area contributed by atoms with Crippen molar-refractivity contribution in [3.63, 3.8) is 0 Å². The van der Waals surface area contributed by atoms with Crippen LogP contribution in [0.3, 0.4) is 0 Å². The van der Waals surface area contributed by atoms with Gasteiger partial charge in [0.15, 0.2) is 5.78 Å². The second-order valence-electron chi connectivity index (χ2n) is 9.13. The Labute approximate surface area is 182 Å². The van der Waals surface area contributed by atoms with Crippen molar-refractivity contribution >= 4 is 17.4 Å². The summed E-state index contributed by atoms with van der Waals surface area (Å²) in [5, 5.41) is 8.03. The highest BCUT2D eigenvalue weighted by Gasteiger charge is 2.35. The smallest absolute Gasteiger partial charge is 0.250 e. The topological polar surface area (TPSA) is 90.0 Å². The average Bonchev–Trinajstić information content (AvgIpc) is 3.04. The monoisotopic (exact) mass is 416 g/mol. The fourth-order valence-electron chi connectivity index (χ4n) is 4.41. The van der Waals surface area contributed by atoms with Crippen molar-refractivity contribution in [2.75, 3.05) is 5.32 Å². The molecule has 2 aromatic carbocycles. The third-order valence-electron chi connectivity index (χ3n) is 5.90. The van der Waals surface area contributed by atoms with E-state index in [0.29, 0.717) is 23.2 Å². The molecule has 0 saturated heterocycles. The molecule has 4 rings (SSSR count). The minimum absolute atomic E-state index is 0.00304. The average molecular weight is 417 g/mol. The molecule has 1 aromatic heterocycles. The lowest BCUT2D eigenvalue weighted by Gasteiger charge is -2.29. The molecule has 0 saturated carbocycles. The lowest BCUT2D eigenvalue weighted by Crippen LogP contribution is -2.28. The summed E-state index contributed by atoms with van der Waals surface area (Å²) < 4.78 is 1.79. The molecule has 0 unspecified atom stereocenters. The first-order valence-corrected chi connectivity index (χ1v) is 10.5. The van der Waals surface area contributed by atoms with Crippen molar-refractivity contribution in [2.24, 2.45) is 11.1 Å². The molecule has 1 heterocycles. The molecular formula is C25H28N4O2. The molecule has 1 aliphatic carbocycles. The summed E-state index contributed by atoms with van der Waals surface area (Å²) in [5.74, 6) is -0.390. The zero-order valence-electron chi connectivity index (χ0n) is 18.4. The fraction of sp³-hybridized carbons (Fsp3) is 0.320. The molecule has 1 amide bonds. The van der Waals surface area contributed by atoms with Crippen LogP contribution in [-0.4, -0.2) is 21.5 Å². The van der Waals surface area contributed by atoms with Crippen LogP contribution in [0.5, 0.6) is 0 Å². The van der Waals surface area contributed by atoms with Gasteiger partial charge in [0.2, 0.25) is 0 Å². The number of amides is 1. The van der Waals surface area contributed by atoms with Crippen LogP contribution < -0.4 is 11.1 Å². The molecule has 0 fully saturated rings. The van der Waals surface area contributed by atoms with Gasteiger partial charge in [-0.1, -0.05) is 44.2 Å². The van der Waals surface area contributed by atoms with Crippen LogP contribution in [0.15, 0.2) is 48.5 Å². The van der Waals surface area contributed by atoms with Gasteiger partial charge in [0.1, 0.15) is 0 Å². The number of nitrogens with one attached hydrogen (secondary N) is 1. The number of carbonyl (C=O) groups is 2. The number of ketones is 1. The molecule has 1 aliphatic rings. The quantitative estimate of drug-likeness (QED) is 0.636. The summed E-state index contributed by atoms with van der Waals surface area (Å²) in [6, 6.07) is 15.5. The Kier molecular flexibility index (Phi) is 5.17. The van der Waals surface area contributed by atoms with E-state index in [4.69, 9.17) is 5.73 Å². The number of primary amides is 1. The summed E-state index contributed by atoms with van der Waals surface area (Å²) in [7, 11) is 0. The van der Waals surface area contributed by atoms with Gasteiger partial charge in [-0.3, -0.25) is 9.59 Å². The number of aryl methyl sites for hydroxylation is 1. The third-order valence-corrected chi connectivity index (χ3v) is 5.90. The van der Waals surface area contributed by atoms with Gasteiger partial charge in [-0.2, -0.15) is 5.10 Å². The molecule has 0 bridgehead atoms. The Morgan fingerprint density at radius 1 is 1.16 bits per heavy atom. The maximum atomic E-state index is 12.7. The number of nitrogens with two attached hydrogens (primary N) is 1. The zero-order valence-corrected chi connectivity index (χ0v) is 18.4. The number of nitrogens with zero attached hydrogens (tertiary/aromatic N) is 2. The highest BCUT2D eigenvalue weighted by molar-refractivity contribution is 6.00. The number of Topliss-reactive ketones (excluding diaryl/α,β-unsaturated/α-hetero) is 1. The number of fused-ring (bicyclic) bond motifs is 1. The first kappa shape index (κ1) is 20.8. The van der Waals surface area contributed by atoms with E-state index in [1.54, 1.807) is 10.7 Å². The van der Waals surface area contributed by atoms with E-state index in [0.717, 1.165) is 29.1 Å². The lowest BCUT2D eigenvalue weighted by atomic mass is 9.75. The van der Waals surface area contributed by atoms with Crippen molar-refractivity contribution in [1.82, 2.24) is 9.78 Å². The molecule has 6 nitrogen and oxygen atoms in total. The number of carbonyl (C=O) groups excluding carboxylic acids is 2. The number of aromatic nitrogens is 2. The van der Waals surface area contributed by atoms with Gasteiger partial charge >= 0.3 is 0 Å². The summed E-state index contributed by atoms with van der Waals surface area (Å²) in [6.45, 7) is 8.08. The predicted molar refractivity (Wildman–Crippen MR) is 122 cm³/mol. The Morgan fingerprint density at radius 3 is 2.55 bits per heavy atom. The number of rotatable bonds is 5. The molecule has 0 aliphatic heterocycles. The minimum Gasteiger partial charge on any atom is -0.378 e. The van der Waals surface area contributed by atoms with Crippen molar-refractivity contribution in [3.05, 3.63) is 76.6 Å². The first-order valence-electron chi connectivity index (χ1n) is 10.5. The van der Waals surface area contributed by atoms with E-state index < -0.39 is 5.91 Å². The molecule has 3 N–H and O–H groups in total. The Morgan fingerprint density at radius 2 is 1.87 bits per heavy atom. The maximum absolute atomic E-state index is 12.7. The van der Waals surface area contributed by atoms with Crippen molar-refractivity contribution in [3.8, 4) is 5.69 Å². The van der Waals surface area contributed by atoms with Crippen LogP contribution in [0.2, 0.25) is 0 Å². The Hall–Kier alpha value is -3.41. The summed E-state index contributed by atoms with van der Waals surface area (Å²) in [6.07, 6.45) is 1.26. The zero-order chi connectivity index (χ0) is 22.3. The number of benzene rings is 2. The van der Waals surface area contributed by atoms with Crippen LogP contribution in [0, 0.1) is 12.3 Å². The second-order valence-corrected chi connectivity index (χ2v) is 9.13. The van der Waals surface area contributed by atoms with Gasteiger partial charge in [0, 0.05) is 18.2 Å². The number of hydrogen-bond acceptors (Lipinski definition) is 4. The first-order chi connectivity index (χ1) is 14.7. The molecule has 160 valence electrons. The Balaban J connectivity index is 1.74. The number of anilines is 1. The molecular weight excluding hydrogens is 388 g/mol. The van der Waals surface area contributed by atoms with Crippen LogP contribution in [0.1, 0.15) is 70.9 Å². The molecule has 31 heavy (non-hydrogen) atoms. The minimum atomic E-state index is -0.515. The van der Waals surface area contributed by atoms with E-state index in [9.17, 15) is 9.59 Å². The van der Waals surface area contributed by atoms with Gasteiger partial charge < -0.3 is 11.1 Å². The molecule has 1 atom stereocenters. The van der Waals surface area contributed by atoms with E-state index >= 15 is 0 Å². The highest BCUT2D eigenvalue weighted by atomic mass is 16.1. The van der Waals surface area contributed by atoms with Crippen molar-refractivity contribution in [1.29, 1.82) is 0 Å². The Bertz CT molecular complexity index is 1160. The largest absolute Gasteiger partial charge is 0.378 e. The fourth-order valence-corrected chi connectivity index (χ4v) is 4.41. The van der Waals surface area contributed by atoms with Gasteiger partial charge in [-0.15, -0.1) is 0 Å². The second kappa shape index (κ2) is 7.69. The third kappa shape index (κ3) is 3.98. The molecule has 0 spiro atoms. The van der Waals surface area contributed by atoms with Crippen molar-refractivity contribution < 1.29 is 9.59 Å². The van der Waals surface area contributed by atoms with E-state index in [-0.39, 0.29) is 17.2 Å². The molecule has 3 aromatic rings. The van der Waals surface area contributed by atoms with Crippen LogP contribution in [-0.2, 0) is 6.42 Å². The lowest BCUT2D eigenvalue weighted by molar-refractivity contribution is 0.0909. The van der Waals surface area contributed by atoms with Crippen molar-refractivity contribution in [2.45, 2.75) is 46.6 Å². The van der Waals surface area contributed by atoms with Crippen LogP contribution in [0.4, 0.5) is 5.69 Å². The van der Waals surface area contributed by atoms with Gasteiger partial charge in [0.25, 0.3) is 5.91 Å². The van der Waals surface area contributed by atoms with Gasteiger partial charge in [-0.05, 0) is 49.4 Å². The van der Waals surface area contributed by atoms with Crippen LogP contribution in [0.25, 0.3) is 5.69 Å². The van der Waals surface area contributed by atoms with Gasteiger partial charge in [-0.25, -0.2) is 4.68 Å². The molecule has 6 heteroatoms. The summed E-state index contributed by atoms with van der Waals surface area (Å²) in [4.78, 5) is 25.0. The highest BCUT2D eigenvalue weighted by Crippen LogP contribution is 2.37. The van der Waals surface area contributed by atoms with E-state index in [1.165, 1.54) is 0 Å². The standard InChI is InChI=1S/C25H28N4O2/c1-15(17-8-6-5-7-9-17)27-20-11-10-18(12-19(20)24(26)31)29-21-13-25(3,4)14-22(30)23(21)16(2)28-29/h5-12,15,27H,13-14H2,1-4H3,(H2,26,31)/t15-/m0/s1. The van der Waals surface area contributed by atoms with E-state index in [1.807, 2.05) is 56.3 Å². The van der Waals surface area contributed by atoms with E-state index in [2.05, 4.69) is 24.3 Å². The number of hydrogen-bond donors (Lipinski definition) is 2. The summed E-state index contributed by atoms with van der Waals surface area (Å²) in [5.41, 5.74) is 10.8. The predicted octanol–water partition coefficient (Wildman–Crippen LogP) is 4.61. The normalized spacial score (nSPS) is 15.9. The molecule has 0 radical (unpaired) electrons. The van der Waals surface area contributed by atoms with Gasteiger partial charge in [0.05, 0.1) is 28.2 Å². The van der Waals surface area contributed by atoms with Crippen LogP contribution >= 0.6 is 0 Å². The SMILES string of the molecule is Cc1nn(-c2ccc(N[C@@H](C)c3ccccc3)c(C(N)=O)c2)c2c1C(=O)CC(C)(C)C2. The maximum Gasteiger partial charge on any atom is 0.250 e. The summed E-state index contributed by atoms with van der Waals surface area (Å²) >= 11 is 0.